The highest BCUT2D eigenvalue weighted by Gasteiger charge is 2.36. The predicted molar refractivity (Wildman–Crippen MR) is 71.6 cm³/mol. The molecule has 0 spiro atoms. The van der Waals surface area contributed by atoms with Crippen LogP contribution in [-0.4, -0.2) is 69.9 Å². The van der Waals surface area contributed by atoms with Gasteiger partial charge in [-0.25, -0.2) is 4.79 Å². The number of amides is 4. The van der Waals surface area contributed by atoms with Crippen LogP contribution >= 0.6 is 12.2 Å². The monoisotopic (exact) mass is 287 g/mol. The maximum atomic E-state index is 11.9. The van der Waals surface area contributed by atoms with Gasteiger partial charge in [0, 0.05) is 25.0 Å². The lowest BCUT2D eigenvalue weighted by atomic mass is 10.2. The van der Waals surface area contributed by atoms with E-state index in [4.69, 9.17) is 0 Å². The topological polar surface area (TPSA) is 89.9 Å². The minimum atomic E-state index is -0.871. The summed E-state index contributed by atoms with van der Waals surface area (Å²) in [6, 6.07) is -1.46. The Balaban J connectivity index is 2.71. The molecule has 2 unspecified atom stereocenters. The fourth-order valence-electron chi connectivity index (χ4n) is 1.66. The number of aliphatic hydroxyl groups is 1. The van der Waals surface area contributed by atoms with E-state index in [1.54, 1.807) is 6.92 Å². The van der Waals surface area contributed by atoms with Gasteiger partial charge in [0.15, 0.2) is 0 Å². The lowest BCUT2D eigenvalue weighted by Crippen LogP contribution is -2.60. The molecule has 1 saturated heterocycles. The van der Waals surface area contributed by atoms with Crippen LogP contribution < -0.4 is 5.32 Å². The van der Waals surface area contributed by atoms with Gasteiger partial charge in [0.1, 0.15) is 0 Å². The molecular formula is C11H17N3O4S. The summed E-state index contributed by atoms with van der Waals surface area (Å²) in [5.41, 5.74) is 0. The molecule has 1 rings (SSSR count). The minimum Gasteiger partial charge on any atom is -0.391 e. The second-order valence-corrected chi connectivity index (χ2v) is 4.47. The maximum absolute atomic E-state index is 11.9. The van der Waals surface area contributed by atoms with Gasteiger partial charge in [0.25, 0.3) is 0 Å². The number of thiocarbonyl (C=S) groups is 1. The molecule has 0 bridgehead atoms. The van der Waals surface area contributed by atoms with Crippen molar-refractivity contribution in [1.29, 1.82) is 0 Å². The minimum absolute atomic E-state index is 0.133. The van der Waals surface area contributed by atoms with Gasteiger partial charge in [-0.05, 0) is 13.8 Å². The van der Waals surface area contributed by atoms with E-state index in [2.05, 4.69) is 17.5 Å². The van der Waals surface area contributed by atoms with Crippen LogP contribution in [-0.2, 0) is 9.59 Å². The van der Waals surface area contributed by atoms with Crippen LogP contribution in [0, 0.1) is 0 Å². The number of imide groups is 1. The van der Waals surface area contributed by atoms with Gasteiger partial charge in [0.05, 0.1) is 12.1 Å². The largest absolute Gasteiger partial charge is 0.391 e. The first-order chi connectivity index (χ1) is 8.92. The van der Waals surface area contributed by atoms with Crippen molar-refractivity contribution in [3.8, 4) is 0 Å². The number of nitrogens with one attached hydrogen (secondary N) is 1. The molecule has 0 radical (unpaired) electrons. The lowest BCUT2D eigenvalue weighted by Gasteiger charge is -2.32. The fourth-order valence-corrected chi connectivity index (χ4v) is 1.95. The predicted octanol–water partition coefficient (Wildman–Crippen LogP) is -0.864. The molecule has 2 atom stereocenters. The van der Waals surface area contributed by atoms with Crippen LogP contribution in [0.2, 0.25) is 0 Å². The van der Waals surface area contributed by atoms with Crippen molar-refractivity contribution in [2.45, 2.75) is 26.0 Å². The lowest BCUT2D eigenvalue weighted by molar-refractivity contribution is -0.153. The van der Waals surface area contributed by atoms with Crippen molar-refractivity contribution in [2.24, 2.45) is 0 Å². The van der Waals surface area contributed by atoms with E-state index < -0.39 is 30.0 Å². The molecule has 0 aliphatic carbocycles. The average molecular weight is 287 g/mol. The Morgan fingerprint density at radius 3 is 2.58 bits per heavy atom. The van der Waals surface area contributed by atoms with E-state index in [-0.39, 0.29) is 6.54 Å². The van der Waals surface area contributed by atoms with Crippen LogP contribution in [0.5, 0.6) is 0 Å². The van der Waals surface area contributed by atoms with E-state index in [1.165, 1.54) is 17.2 Å². The molecule has 1 aliphatic heterocycles. The van der Waals surface area contributed by atoms with E-state index in [0.717, 1.165) is 4.90 Å². The number of nitrogens with zero attached hydrogens (tertiary/aromatic N) is 2. The Bertz CT molecular complexity index is 399. The number of hydrogen-bond donors (Lipinski definition) is 2. The molecule has 1 aliphatic rings. The molecular weight excluding hydrogens is 270 g/mol. The second-order valence-electron chi connectivity index (χ2n) is 4.19. The highest BCUT2D eigenvalue weighted by molar-refractivity contribution is 7.79. The second kappa shape index (κ2) is 6.58. The molecule has 106 valence electrons. The van der Waals surface area contributed by atoms with Crippen LogP contribution in [0.1, 0.15) is 13.8 Å². The van der Waals surface area contributed by atoms with Crippen molar-refractivity contribution in [1.82, 2.24) is 15.1 Å². The molecule has 4 amide bonds. The number of likely N-dealkylation sites (N-methyl/N-ethyl adjacent to an activating group) is 1. The first-order valence-corrected chi connectivity index (χ1v) is 6.44. The van der Waals surface area contributed by atoms with Crippen LogP contribution in [0.25, 0.3) is 0 Å². The van der Waals surface area contributed by atoms with Crippen LogP contribution in [0.15, 0.2) is 0 Å². The number of urea groups is 1. The molecule has 0 saturated carbocycles. The average Bonchev–Trinajstić information content (AvgIpc) is 2.38. The maximum Gasteiger partial charge on any atom is 0.325 e. The van der Waals surface area contributed by atoms with E-state index in [9.17, 15) is 19.5 Å². The third kappa shape index (κ3) is 3.48. The molecule has 1 heterocycles. The summed E-state index contributed by atoms with van der Waals surface area (Å²) in [7, 11) is 0. The number of rotatable bonds is 4. The number of piperazine rings is 1. The van der Waals surface area contributed by atoms with Gasteiger partial charge >= 0.3 is 17.8 Å². The summed E-state index contributed by atoms with van der Waals surface area (Å²) in [4.78, 5) is 37.5. The summed E-state index contributed by atoms with van der Waals surface area (Å²) in [5.74, 6) is -1.56. The molecule has 2 N–H and O–H groups in total. The summed E-state index contributed by atoms with van der Waals surface area (Å²) < 4.78 is 0. The van der Waals surface area contributed by atoms with E-state index in [1.807, 2.05) is 0 Å². The Hall–Kier alpha value is -1.54. The van der Waals surface area contributed by atoms with Gasteiger partial charge in [0.2, 0.25) is 0 Å². The normalized spacial score (nSPS) is 19.1. The molecule has 8 heteroatoms. The Labute approximate surface area is 116 Å². The summed E-state index contributed by atoms with van der Waals surface area (Å²) in [6.45, 7) is 4.10. The van der Waals surface area contributed by atoms with Gasteiger partial charge in [-0.3, -0.25) is 14.5 Å². The van der Waals surface area contributed by atoms with Gasteiger partial charge in [-0.1, -0.05) is 12.2 Å². The zero-order chi connectivity index (χ0) is 14.6. The summed E-state index contributed by atoms with van der Waals surface area (Å²) in [6.07, 6.45) is -0.871. The number of hydrogen-bond acceptors (Lipinski definition) is 5. The van der Waals surface area contributed by atoms with Crippen molar-refractivity contribution in [2.75, 3.05) is 19.6 Å². The first-order valence-electron chi connectivity index (χ1n) is 5.97. The summed E-state index contributed by atoms with van der Waals surface area (Å²) >= 11 is 4.68. The van der Waals surface area contributed by atoms with E-state index in [0.29, 0.717) is 13.1 Å². The van der Waals surface area contributed by atoms with Crippen molar-refractivity contribution < 1.29 is 19.5 Å². The van der Waals surface area contributed by atoms with Crippen molar-refractivity contribution in [3.05, 3.63) is 0 Å². The standard InChI is InChI=1S/C11H17N3O4S/c1-3-13-4-5-14(10(17)9(13)16)11(18)12-8(6-19)7(2)15/h6-8,15H,3-5H2,1-2H3,(H,12,18). The SMILES string of the molecule is CCN1CCN(C(=O)NC(C=S)C(C)O)C(=O)C1=O. The number of aliphatic hydroxyl groups excluding tert-OH is 1. The number of carbonyl (C=O) groups is 3. The Morgan fingerprint density at radius 2 is 2.11 bits per heavy atom. The highest BCUT2D eigenvalue weighted by atomic mass is 32.1. The van der Waals surface area contributed by atoms with Crippen molar-refractivity contribution in [3.63, 3.8) is 0 Å². The van der Waals surface area contributed by atoms with Gasteiger partial charge < -0.3 is 15.3 Å². The molecule has 19 heavy (non-hydrogen) atoms. The third-order valence-corrected chi connectivity index (χ3v) is 3.19. The van der Waals surface area contributed by atoms with Crippen LogP contribution in [0.4, 0.5) is 4.79 Å². The quantitative estimate of drug-likeness (QED) is 0.518. The molecule has 1 fully saturated rings. The first kappa shape index (κ1) is 15.5. The van der Waals surface area contributed by atoms with Crippen LogP contribution in [0.3, 0.4) is 0 Å². The Morgan fingerprint density at radius 1 is 1.47 bits per heavy atom. The highest BCUT2D eigenvalue weighted by Crippen LogP contribution is 2.05. The molecule has 0 aromatic carbocycles. The van der Waals surface area contributed by atoms with Crippen molar-refractivity contribution >= 4 is 35.4 Å². The number of carbonyl (C=O) groups excluding carboxylic acids is 3. The van der Waals surface area contributed by atoms with Gasteiger partial charge in [-0.15, -0.1) is 0 Å². The Kier molecular flexibility index (Phi) is 5.37. The zero-order valence-corrected chi connectivity index (χ0v) is 11.6. The fraction of sp³-hybridized carbons (Fsp3) is 0.636. The third-order valence-electron chi connectivity index (χ3n) is 2.89. The zero-order valence-electron chi connectivity index (χ0n) is 10.8. The molecule has 0 aromatic heterocycles. The smallest absolute Gasteiger partial charge is 0.325 e. The van der Waals surface area contributed by atoms with Gasteiger partial charge in [-0.2, -0.15) is 0 Å². The molecule has 7 nitrogen and oxygen atoms in total. The van der Waals surface area contributed by atoms with E-state index >= 15 is 0 Å². The molecule has 0 aromatic rings. The summed E-state index contributed by atoms with van der Waals surface area (Å²) in [5, 5.41) is 13.0.